The molecule has 0 atom stereocenters. The van der Waals surface area contributed by atoms with E-state index < -0.39 is 16.8 Å². The van der Waals surface area contributed by atoms with Crippen LogP contribution in [0.15, 0.2) is 47.5 Å². The zero-order valence-corrected chi connectivity index (χ0v) is 16.2. The van der Waals surface area contributed by atoms with Crippen molar-refractivity contribution in [2.75, 3.05) is 6.61 Å². The highest BCUT2D eigenvalue weighted by atomic mass is 35.5. The van der Waals surface area contributed by atoms with Gasteiger partial charge < -0.3 is 9.30 Å². The predicted molar refractivity (Wildman–Crippen MR) is 104 cm³/mol. The first kappa shape index (κ1) is 19.7. The fourth-order valence-corrected chi connectivity index (χ4v) is 3.83. The standard InChI is InChI=1S/C18H14ClN3O5S/c1-2-27-16(23)10-21-14-7-6-12(19)9-15(14)28-18(21)20-17(24)11-4-3-5-13(8-11)22(25)26/h3-9H,2,10H2,1H3. The van der Waals surface area contributed by atoms with E-state index in [1.807, 2.05) is 0 Å². The highest BCUT2D eigenvalue weighted by Crippen LogP contribution is 2.22. The van der Waals surface area contributed by atoms with Gasteiger partial charge in [-0.2, -0.15) is 4.99 Å². The van der Waals surface area contributed by atoms with Crippen molar-refractivity contribution in [1.82, 2.24) is 4.57 Å². The van der Waals surface area contributed by atoms with Crippen LogP contribution in [0.5, 0.6) is 0 Å². The van der Waals surface area contributed by atoms with Crippen LogP contribution < -0.4 is 4.80 Å². The number of nitro benzene ring substituents is 1. The number of carbonyl (C=O) groups excluding carboxylic acids is 2. The van der Waals surface area contributed by atoms with E-state index in [1.165, 1.54) is 29.5 Å². The molecular weight excluding hydrogens is 406 g/mol. The summed E-state index contributed by atoms with van der Waals surface area (Å²) in [4.78, 5) is 39.2. The molecule has 0 unspecified atom stereocenters. The normalized spacial score (nSPS) is 11.6. The molecule has 0 radical (unpaired) electrons. The Balaban J connectivity index is 2.10. The fourth-order valence-electron chi connectivity index (χ4n) is 2.52. The number of non-ortho nitro benzene ring substituents is 1. The number of hydrogen-bond acceptors (Lipinski definition) is 6. The zero-order chi connectivity index (χ0) is 20.3. The second-order valence-corrected chi connectivity index (χ2v) is 7.06. The lowest BCUT2D eigenvalue weighted by atomic mass is 10.2. The van der Waals surface area contributed by atoms with E-state index >= 15 is 0 Å². The molecule has 2 aromatic carbocycles. The van der Waals surface area contributed by atoms with Gasteiger partial charge in [0.2, 0.25) is 0 Å². The molecule has 1 amide bonds. The lowest BCUT2D eigenvalue weighted by Crippen LogP contribution is -2.23. The van der Waals surface area contributed by atoms with Gasteiger partial charge in [0.15, 0.2) is 4.80 Å². The van der Waals surface area contributed by atoms with Crippen LogP contribution in [0, 0.1) is 10.1 Å². The maximum absolute atomic E-state index is 12.6. The summed E-state index contributed by atoms with van der Waals surface area (Å²) in [5.74, 6) is -1.12. The van der Waals surface area contributed by atoms with Crippen LogP contribution in [0.1, 0.15) is 17.3 Å². The number of halogens is 1. The molecule has 0 aliphatic heterocycles. The highest BCUT2D eigenvalue weighted by Gasteiger charge is 2.15. The van der Waals surface area contributed by atoms with Gasteiger partial charge in [-0.15, -0.1) is 0 Å². The number of nitrogens with zero attached hydrogens (tertiary/aromatic N) is 3. The first-order valence-electron chi connectivity index (χ1n) is 8.17. The zero-order valence-electron chi connectivity index (χ0n) is 14.6. The van der Waals surface area contributed by atoms with Gasteiger partial charge in [-0.25, -0.2) is 0 Å². The van der Waals surface area contributed by atoms with E-state index in [0.717, 1.165) is 10.8 Å². The third kappa shape index (κ3) is 4.26. The van der Waals surface area contributed by atoms with Crippen molar-refractivity contribution < 1.29 is 19.2 Å². The Labute approximate surface area is 167 Å². The number of fused-ring (bicyclic) bond motifs is 1. The summed E-state index contributed by atoms with van der Waals surface area (Å²) in [6, 6.07) is 10.4. The van der Waals surface area contributed by atoms with Crippen LogP contribution in [-0.4, -0.2) is 28.0 Å². The molecule has 0 fully saturated rings. The molecule has 0 saturated heterocycles. The van der Waals surface area contributed by atoms with Crippen molar-refractivity contribution in [3.8, 4) is 0 Å². The Morgan fingerprint density at radius 2 is 2.07 bits per heavy atom. The average molecular weight is 420 g/mol. The van der Waals surface area contributed by atoms with Crippen LogP contribution in [0.2, 0.25) is 5.02 Å². The minimum Gasteiger partial charge on any atom is -0.465 e. The fraction of sp³-hybridized carbons (Fsp3) is 0.167. The Bertz CT molecular complexity index is 1150. The number of aromatic nitrogens is 1. The van der Waals surface area contributed by atoms with E-state index in [1.54, 1.807) is 29.7 Å². The third-order valence-electron chi connectivity index (χ3n) is 3.74. The van der Waals surface area contributed by atoms with Gasteiger partial charge >= 0.3 is 5.97 Å². The first-order valence-corrected chi connectivity index (χ1v) is 9.36. The third-order valence-corrected chi connectivity index (χ3v) is 5.01. The molecule has 0 aliphatic carbocycles. The van der Waals surface area contributed by atoms with Crippen LogP contribution in [0.3, 0.4) is 0 Å². The smallest absolute Gasteiger partial charge is 0.326 e. The Kier molecular flexibility index (Phi) is 5.86. The summed E-state index contributed by atoms with van der Waals surface area (Å²) in [5.41, 5.74) is 0.545. The predicted octanol–water partition coefficient (Wildman–Crippen LogP) is 3.57. The largest absolute Gasteiger partial charge is 0.465 e. The van der Waals surface area contributed by atoms with Gasteiger partial charge in [-0.05, 0) is 31.2 Å². The quantitative estimate of drug-likeness (QED) is 0.357. The maximum Gasteiger partial charge on any atom is 0.326 e. The van der Waals surface area contributed by atoms with Crippen molar-refractivity contribution in [2.24, 2.45) is 4.99 Å². The van der Waals surface area contributed by atoms with Gasteiger partial charge in [0, 0.05) is 22.7 Å². The molecule has 1 heterocycles. The molecule has 3 aromatic rings. The number of thiazole rings is 1. The number of benzene rings is 2. The maximum atomic E-state index is 12.6. The van der Waals surface area contributed by atoms with Crippen molar-refractivity contribution in [3.63, 3.8) is 0 Å². The second-order valence-electron chi connectivity index (χ2n) is 5.61. The van der Waals surface area contributed by atoms with Gasteiger partial charge in [-0.3, -0.25) is 19.7 Å². The summed E-state index contributed by atoms with van der Waals surface area (Å²) >= 11 is 7.21. The van der Waals surface area contributed by atoms with Gasteiger partial charge in [0.1, 0.15) is 6.54 Å². The number of carbonyl (C=O) groups is 2. The number of hydrogen-bond donors (Lipinski definition) is 0. The monoisotopic (exact) mass is 419 g/mol. The van der Waals surface area contributed by atoms with Crippen LogP contribution in [0.4, 0.5) is 5.69 Å². The molecule has 3 rings (SSSR count). The molecule has 144 valence electrons. The van der Waals surface area contributed by atoms with E-state index in [0.29, 0.717) is 10.5 Å². The lowest BCUT2D eigenvalue weighted by molar-refractivity contribution is -0.384. The SMILES string of the molecule is CCOC(=O)Cn1c(=NC(=O)c2cccc([N+](=O)[O-])c2)sc2cc(Cl)ccc21. The van der Waals surface area contributed by atoms with Gasteiger partial charge in [0.25, 0.3) is 11.6 Å². The molecule has 28 heavy (non-hydrogen) atoms. The van der Waals surface area contributed by atoms with Crippen molar-refractivity contribution in [1.29, 1.82) is 0 Å². The first-order chi connectivity index (χ1) is 13.4. The van der Waals surface area contributed by atoms with Crippen molar-refractivity contribution in [2.45, 2.75) is 13.5 Å². The Morgan fingerprint density at radius 1 is 1.29 bits per heavy atom. The van der Waals surface area contributed by atoms with E-state index in [2.05, 4.69) is 4.99 Å². The number of rotatable bonds is 5. The molecule has 0 spiro atoms. The topological polar surface area (TPSA) is 104 Å². The lowest BCUT2D eigenvalue weighted by Gasteiger charge is -2.05. The van der Waals surface area contributed by atoms with Crippen LogP contribution in [0.25, 0.3) is 10.2 Å². The minimum atomic E-state index is -0.654. The molecule has 0 aliphatic rings. The van der Waals surface area contributed by atoms with E-state index in [9.17, 15) is 19.7 Å². The summed E-state index contributed by atoms with van der Waals surface area (Å²) in [5, 5.41) is 11.4. The molecule has 10 heteroatoms. The number of esters is 1. The van der Waals surface area contributed by atoms with Crippen LogP contribution >= 0.6 is 22.9 Å². The molecule has 8 nitrogen and oxygen atoms in total. The summed E-state index contributed by atoms with van der Waals surface area (Å²) in [7, 11) is 0. The molecular formula is C18H14ClN3O5S. The molecule has 0 saturated carbocycles. The number of nitro groups is 1. The molecule has 0 N–H and O–H groups in total. The summed E-state index contributed by atoms with van der Waals surface area (Å²) in [6.45, 7) is 1.80. The minimum absolute atomic E-state index is 0.0763. The number of amides is 1. The number of ether oxygens (including phenoxy) is 1. The Hall–Kier alpha value is -3.04. The van der Waals surface area contributed by atoms with E-state index in [-0.39, 0.29) is 29.2 Å². The summed E-state index contributed by atoms with van der Waals surface area (Å²) < 4.78 is 7.29. The average Bonchev–Trinajstić information content (AvgIpc) is 2.98. The van der Waals surface area contributed by atoms with Gasteiger partial charge in [-0.1, -0.05) is 29.0 Å². The highest BCUT2D eigenvalue weighted by molar-refractivity contribution is 7.16. The van der Waals surface area contributed by atoms with Crippen molar-refractivity contribution >= 4 is 50.7 Å². The van der Waals surface area contributed by atoms with Crippen LogP contribution in [-0.2, 0) is 16.1 Å². The molecule has 1 aromatic heterocycles. The van der Waals surface area contributed by atoms with Crippen molar-refractivity contribution in [3.05, 3.63) is 68.0 Å². The van der Waals surface area contributed by atoms with E-state index in [4.69, 9.17) is 16.3 Å². The Morgan fingerprint density at radius 3 is 2.79 bits per heavy atom. The molecule has 0 bridgehead atoms. The second kappa shape index (κ2) is 8.32. The van der Waals surface area contributed by atoms with Gasteiger partial charge in [0.05, 0.1) is 21.7 Å². The summed E-state index contributed by atoms with van der Waals surface area (Å²) in [6.07, 6.45) is 0.